The van der Waals surface area contributed by atoms with Gasteiger partial charge in [0.25, 0.3) is 0 Å². The smallest absolute Gasteiger partial charge is 0.407 e. The van der Waals surface area contributed by atoms with Crippen LogP contribution in [0.3, 0.4) is 0 Å². The lowest BCUT2D eigenvalue weighted by Crippen LogP contribution is -2.48. The first-order chi connectivity index (χ1) is 11.0. The van der Waals surface area contributed by atoms with Gasteiger partial charge in [-0.3, -0.25) is 10.1 Å². The summed E-state index contributed by atoms with van der Waals surface area (Å²) in [5.41, 5.74) is 0.169. The second kappa shape index (κ2) is 6.23. The van der Waals surface area contributed by atoms with Gasteiger partial charge in [0.1, 0.15) is 0 Å². The second-order valence-electron chi connectivity index (χ2n) is 5.57. The molecule has 1 N–H and O–H groups in total. The van der Waals surface area contributed by atoms with Crippen molar-refractivity contribution in [2.24, 2.45) is 0 Å². The number of thioether (sulfide) groups is 1. The van der Waals surface area contributed by atoms with Crippen LogP contribution in [0, 0.1) is 15.9 Å². The van der Waals surface area contributed by atoms with E-state index >= 15 is 0 Å². The molecule has 2 aliphatic heterocycles. The number of benzene rings is 1. The third-order valence-electron chi connectivity index (χ3n) is 4.30. The largest absolute Gasteiger partial charge is 0.465 e. The normalized spacial score (nSPS) is 18.7. The lowest BCUT2D eigenvalue weighted by atomic mass is 10.0. The Hall–Kier alpha value is -2.03. The predicted molar refractivity (Wildman–Crippen MR) is 83.7 cm³/mol. The van der Waals surface area contributed by atoms with Crippen molar-refractivity contribution >= 4 is 29.2 Å². The number of fused-ring (bicyclic) bond motifs is 1. The SMILES string of the molecule is O=C(O)N1CCC(N2CCSc3cc(F)c([N+](=O)[O-])cc32)CC1. The van der Waals surface area contributed by atoms with E-state index in [0.29, 0.717) is 36.5 Å². The minimum absolute atomic E-state index is 0.121. The molecule has 3 rings (SSSR count). The average molecular weight is 341 g/mol. The maximum Gasteiger partial charge on any atom is 0.407 e. The number of hydrogen-bond donors (Lipinski definition) is 1. The number of amides is 1. The van der Waals surface area contributed by atoms with Crippen LogP contribution in [0.25, 0.3) is 0 Å². The minimum atomic E-state index is -0.921. The highest BCUT2D eigenvalue weighted by molar-refractivity contribution is 7.99. The molecule has 1 saturated heterocycles. The number of nitro benzene ring substituents is 1. The molecule has 0 unspecified atom stereocenters. The number of nitro groups is 1. The second-order valence-corrected chi connectivity index (χ2v) is 6.71. The van der Waals surface area contributed by atoms with Crippen LogP contribution < -0.4 is 4.90 Å². The molecule has 1 fully saturated rings. The van der Waals surface area contributed by atoms with Crippen molar-refractivity contribution in [3.8, 4) is 0 Å². The molecule has 1 amide bonds. The fourth-order valence-corrected chi connectivity index (χ4v) is 4.15. The van der Waals surface area contributed by atoms with Gasteiger partial charge < -0.3 is 14.9 Å². The van der Waals surface area contributed by atoms with E-state index < -0.39 is 22.5 Å². The molecule has 0 radical (unpaired) electrons. The quantitative estimate of drug-likeness (QED) is 0.657. The molecule has 124 valence electrons. The van der Waals surface area contributed by atoms with Gasteiger partial charge in [0.05, 0.1) is 10.6 Å². The van der Waals surface area contributed by atoms with Crippen molar-refractivity contribution < 1.29 is 19.2 Å². The third kappa shape index (κ3) is 3.05. The fourth-order valence-electron chi connectivity index (χ4n) is 3.14. The monoisotopic (exact) mass is 341 g/mol. The summed E-state index contributed by atoms with van der Waals surface area (Å²) in [5, 5.41) is 20.0. The zero-order valence-corrected chi connectivity index (χ0v) is 13.1. The summed E-state index contributed by atoms with van der Waals surface area (Å²) in [7, 11) is 0. The number of carboxylic acid groups (broad SMARTS) is 1. The fraction of sp³-hybridized carbons (Fsp3) is 0.500. The summed E-state index contributed by atoms with van der Waals surface area (Å²) in [4.78, 5) is 25.4. The zero-order chi connectivity index (χ0) is 16.6. The molecule has 0 aliphatic carbocycles. The van der Waals surface area contributed by atoms with Crippen molar-refractivity contribution in [1.82, 2.24) is 4.90 Å². The average Bonchev–Trinajstić information content (AvgIpc) is 2.53. The van der Waals surface area contributed by atoms with Gasteiger partial charge in [0.2, 0.25) is 5.82 Å². The van der Waals surface area contributed by atoms with E-state index in [1.165, 1.54) is 28.8 Å². The summed E-state index contributed by atoms with van der Waals surface area (Å²) in [5.74, 6) is -0.0348. The van der Waals surface area contributed by atoms with Gasteiger partial charge in [-0.15, -0.1) is 11.8 Å². The van der Waals surface area contributed by atoms with Gasteiger partial charge in [-0.05, 0) is 18.9 Å². The van der Waals surface area contributed by atoms with Gasteiger partial charge >= 0.3 is 11.8 Å². The molecule has 0 bridgehead atoms. The molecule has 23 heavy (non-hydrogen) atoms. The lowest BCUT2D eigenvalue weighted by Gasteiger charge is -2.41. The van der Waals surface area contributed by atoms with E-state index in [1.54, 1.807) is 0 Å². The van der Waals surface area contributed by atoms with Crippen LogP contribution in [0.4, 0.5) is 20.6 Å². The number of nitrogens with zero attached hydrogens (tertiary/aromatic N) is 3. The Bertz CT molecular complexity index is 649. The van der Waals surface area contributed by atoms with Gasteiger partial charge in [-0.2, -0.15) is 4.39 Å². The first-order valence-corrected chi connectivity index (χ1v) is 8.31. The van der Waals surface area contributed by atoms with E-state index in [-0.39, 0.29) is 6.04 Å². The van der Waals surface area contributed by atoms with Crippen molar-refractivity contribution in [1.29, 1.82) is 0 Å². The van der Waals surface area contributed by atoms with Gasteiger partial charge in [0, 0.05) is 42.4 Å². The number of likely N-dealkylation sites (tertiary alicyclic amines) is 1. The third-order valence-corrected chi connectivity index (χ3v) is 5.32. The number of rotatable bonds is 2. The molecule has 2 heterocycles. The van der Waals surface area contributed by atoms with Crippen molar-refractivity contribution in [3.05, 3.63) is 28.1 Å². The topological polar surface area (TPSA) is 86.9 Å². The van der Waals surface area contributed by atoms with Gasteiger partial charge in [0.15, 0.2) is 0 Å². The number of piperidine rings is 1. The highest BCUT2D eigenvalue weighted by Gasteiger charge is 2.31. The predicted octanol–water partition coefficient (Wildman–Crippen LogP) is 2.79. The van der Waals surface area contributed by atoms with E-state index in [2.05, 4.69) is 4.90 Å². The Morgan fingerprint density at radius 3 is 2.65 bits per heavy atom. The van der Waals surface area contributed by atoms with Gasteiger partial charge in [-0.1, -0.05) is 0 Å². The lowest BCUT2D eigenvalue weighted by molar-refractivity contribution is -0.387. The summed E-state index contributed by atoms with van der Waals surface area (Å²) in [6.07, 6.45) is 0.416. The van der Waals surface area contributed by atoms with E-state index in [0.717, 1.165) is 12.3 Å². The van der Waals surface area contributed by atoms with Crippen LogP contribution in [-0.4, -0.2) is 52.5 Å². The molecule has 0 spiro atoms. The Labute approximate surface area is 136 Å². The highest BCUT2D eigenvalue weighted by atomic mass is 32.2. The van der Waals surface area contributed by atoms with Crippen LogP contribution in [0.2, 0.25) is 0 Å². The Kier molecular flexibility index (Phi) is 4.29. The Morgan fingerprint density at radius 2 is 2.04 bits per heavy atom. The van der Waals surface area contributed by atoms with E-state index in [4.69, 9.17) is 5.11 Å². The molecule has 0 saturated carbocycles. The molecule has 9 heteroatoms. The molecule has 1 aromatic rings. The van der Waals surface area contributed by atoms with Crippen LogP contribution in [-0.2, 0) is 0 Å². The number of anilines is 1. The molecule has 1 aromatic carbocycles. The molecular formula is C14H16FN3O4S. The molecule has 7 nitrogen and oxygen atoms in total. The van der Waals surface area contributed by atoms with E-state index in [9.17, 15) is 19.3 Å². The number of hydrogen-bond acceptors (Lipinski definition) is 5. The van der Waals surface area contributed by atoms with Gasteiger partial charge in [-0.25, -0.2) is 4.79 Å². The Balaban J connectivity index is 1.85. The molecular weight excluding hydrogens is 325 g/mol. The van der Waals surface area contributed by atoms with Crippen LogP contribution in [0.5, 0.6) is 0 Å². The number of carbonyl (C=O) groups is 1. The van der Waals surface area contributed by atoms with Crippen LogP contribution in [0.1, 0.15) is 12.8 Å². The Morgan fingerprint density at radius 1 is 1.35 bits per heavy atom. The number of halogens is 1. The van der Waals surface area contributed by atoms with E-state index in [1.807, 2.05) is 0 Å². The summed E-state index contributed by atoms with van der Waals surface area (Å²) < 4.78 is 13.8. The van der Waals surface area contributed by atoms with Crippen LogP contribution in [0.15, 0.2) is 17.0 Å². The molecule has 0 aromatic heterocycles. The first kappa shape index (κ1) is 15.9. The van der Waals surface area contributed by atoms with Crippen molar-refractivity contribution in [3.63, 3.8) is 0 Å². The maximum atomic E-state index is 13.8. The highest BCUT2D eigenvalue weighted by Crippen LogP contribution is 2.40. The summed E-state index contributed by atoms with van der Waals surface area (Å²) >= 11 is 1.49. The molecule has 0 atom stereocenters. The minimum Gasteiger partial charge on any atom is -0.465 e. The van der Waals surface area contributed by atoms with Crippen molar-refractivity contribution in [2.45, 2.75) is 23.8 Å². The molecule has 2 aliphatic rings. The summed E-state index contributed by atoms with van der Waals surface area (Å²) in [6.45, 7) is 1.61. The maximum absolute atomic E-state index is 13.8. The standard InChI is InChI=1S/C14H16FN3O4S/c15-10-7-13-12(8-11(10)18(21)22)17(5-6-23-13)9-1-3-16(4-2-9)14(19)20/h7-9H,1-6H2,(H,19,20). The zero-order valence-electron chi connectivity index (χ0n) is 12.3. The van der Waals surface area contributed by atoms with Crippen molar-refractivity contribution in [2.75, 3.05) is 30.3 Å². The summed E-state index contributed by atoms with van der Waals surface area (Å²) in [6, 6.07) is 2.66. The first-order valence-electron chi connectivity index (χ1n) is 7.32. The van der Waals surface area contributed by atoms with Crippen LogP contribution >= 0.6 is 11.8 Å².